The molecule has 2 aliphatic rings. The first kappa shape index (κ1) is 15.0. The van der Waals surface area contributed by atoms with Gasteiger partial charge in [0.15, 0.2) is 0 Å². The molecule has 0 bridgehead atoms. The van der Waals surface area contributed by atoms with E-state index in [0.717, 1.165) is 40.4 Å². The summed E-state index contributed by atoms with van der Waals surface area (Å²) < 4.78 is 11.5. The SMILES string of the molecule is O=C(NC1c2ccccc2Oc2ccccc21)c1ccc2c(c1)CCO2. The van der Waals surface area contributed by atoms with Gasteiger partial charge in [-0.3, -0.25) is 4.79 Å². The molecule has 2 aliphatic heterocycles. The molecule has 5 rings (SSSR count). The van der Waals surface area contributed by atoms with Gasteiger partial charge in [0.05, 0.1) is 12.6 Å². The van der Waals surface area contributed by atoms with Crippen LogP contribution >= 0.6 is 0 Å². The molecule has 0 fully saturated rings. The van der Waals surface area contributed by atoms with Crippen molar-refractivity contribution in [1.29, 1.82) is 0 Å². The molecule has 26 heavy (non-hydrogen) atoms. The number of carbonyl (C=O) groups is 1. The maximum atomic E-state index is 12.9. The molecule has 4 heteroatoms. The predicted octanol–water partition coefficient (Wildman–Crippen LogP) is 4.25. The first-order chi connectivity index (χ1) is 12.8. The summed E-state index contributed by atoms with van der Waals surface area (Å²) >= 11 is 0. The molecule has 0 radical (unpaired) electrons. The summed E-state index contributed by atoms with van der Waals surface area (Å²) in [6, 6.07) is 21.0. The molecule has 0 unspecified atom stereocenters. The highest BCUT2D eigenvalue weighted by Crippen LogP contribution is 2.42. The molecule has 1 amide bonds. The van der Waals surface area contributed by atoms with E-state index < -0.39 is 0 Å². The van der Waals surface area contributed by atoms with E-state index >= 15 is 0 Å². The average molecular weight is 343 g/mol. The van der Waals surface area contributed by atoms with Crippen molar-refractivity contribution in [3.05, 3.63) is 89.0 Å². The molecule has 1 N–H and O–H groups in total. The largest absolute Gasteiger partial charge is 0.493 e. The van der Waals surface area contributed by atoms with Gasteiger partial charge in [-0.25, -0.2) is 0 Å². The van der Waals surface area contributed by atoms with Gasteiger partial charge in [-0.2, -0.15) is 0 Å². The molecule has 128 valence electrons. The summed E-state index contributed by atoms with van der Waals surface area (Å²) in [6.07, 6.45) is 0.847. The van der Waals surface area contributed by atoms with Crippen LogP contribution in [-0.2, 0) is 6.42 Å². The smallest absolute Gasteiger partial charge is 0.252 e. The second kappa shape index (κ2) is 5.92. The van der Waals surface area contributed by atoms with E-state index in [4.69, 9.17) is 9.47 Å². The van der Waals surface area contributed by atoms with E-state index in [1.807, 2.05) is 66.7 Å². The Morgan fingerprint density at radius 2 is 1.58 bits per heavy atom. The number of hydrogen-bond acceptors (Lipinski definition) is 3. The number of nitrogens with one attached hydrogen (secondary N) is 1. The fourth-order valence-electron chi connectivity index (χ4n) is 3.61. The maximum Gasteiger partial charge on any atom is 0.252 e. The van der Waals surface area contributed by atoms with Gasteiger partial charge in [0.1, 0.15) is 17.2 Å². The molecule has 4 nitrogen and oxygen atoms in total. The lowest BCUT2D eigenvalue weighted by Gasteiger charge is -2.28. The molecule has 3 aromatic rings. The Hall–Kier alpha value is -3.27. The maximum absolute atomic E-state index is 12.9. The molecule has 0 aliphatic carbocycles. The minimum absolute atomic E-state index is 0.101. The van der Waals surface area contributed by atoms with Crippen LogP contribution in [0, 0.1) is 0 Å². The zero-order valence-electron chi connectivity index (χ0n) is 14.1. The molecular formula is C22H17NO3. The van der Waals surface area contributed by atoms with Crippen LogP contribution in [-0.4, -0.2) is 12.5 Å². The summed E-state index contributed by atoms with van der Waals surface area (Å²) in [5.41, 5.74) is 3.66. The Morgan fingerprint density at radius 3 is 2.31 bits per heavy atom. The number of rotatable bonds is 2. The molecule has 3 aromatic carbocycles. The summed E-state index contributed by atoms with van der Waals surface area (Å²) in [5.74, 6) is 2.33. The lowest BCUT2D eigenvalue weighted by Crippen LogP contribution is -2.31. The fourth-order valence-corrected chi connectivity index (χ4v) is 3.61. The van der Waals surface area contributed by atoms with Gasteiger partial charge in [-0.05, 0) is 35.9 Å². The molecule has 0 spiro atoms. The van der Waals surface area contributed by atoms with Crippen molar-refractivity contribution in [1.82, 2.24) is 5.32 Å². The van der Waals surface area contributed by atoms with Gasteiger partial charge in [0, 0.05) is 23.1 Å². The van der Waals surface area contributed by atoms with Crippen LogP contribution in [0.3, 0.4) is 0 Å². The number of para-hydroxylation sites is 2. The van der Waals surface area contributed by atoms with Gasteiger partial charge in [0.2, 0.25) is 0 Å². The van der Waals surface area contributed by atoms with Crippen molar-refractivity contribution >= 4 is 5.91 Å². The highest BCUT2D eigenvalue weighted by Gasteiger charge is 2.28. The highest BCUT2D eigenvalue weighted by molar-refractivity contribution is 5.95. The van der Waals surface area contributed by atoms with Crippen LogP contribution in [0.5, 0.6) is 17.2 Å². The third kappa shape index (κ3) is 2.42. The molecule has 0 atom stereocenters. The van der Waals surface area contributed by atoms with Crippen molar-refractivity contribution in [2.75, 3.05) is 6.61 Å². The van der Waals surface area contributed by atoms with Crippen molar-refractivity contribution in [2.45, 2.75) is 12.5 Å². The van der Waals surface area contributed by atoms with Gasteiger partial charge in [-0.1, -0.05) is 36.4 Å². The van der Waals surface area contributed by atoms with Gasteiger partial charge >= 0.3 is 0 Å². The van der Waals surface area contributed by atoms with E-state index in [1.54, 1.807) is 0 Å². The van der Waals surface area contributed by atoms with Crippen LogP contribution in [0.25, 0.3) is 0 Å². The topological polar surface area (TPSA) is 47.6 Å². The van der Waals surface area contributed by atoms with Crippen LogP contribution in [0.15, 0.2) is 66.7 Å². The van der Waals surface area contributed by atoms with Gasteiger partial charge in [-0.15, -0.1) is 0 Å². The van der Waals surface area contributed by atoms with Crippen molar-refractivity contribution in [3.8, 4) is 17.2 Å². The summed E-state index contributed by atoms with van der Waals surface area (Å²) in [4.78, 5) is 12.9. The first-order valence-corrected chi connectivity index (χ1v) is 8.72. The molecular weight excluding hydrogens is 326 g/mol. The normalized spacial score (nSPS) is 14.5. The lowest BCUT2D eigenvalue weighted by molar-refractivity contribution is 0.0941. The molecule has 0 saturated heterocycles. The van der Waals surface area contributed by atoms with Gasteiger partial charge in [0.25, 0.3) is 5.91 Å². The third-order valence-corrected chi connectivity index (χ3v) is 4.91. The standard InChI is InChI=1S/C22H17NO3/c24-22(15-9-10-18-14(13-15)11-12-25-18)23-21-16-5-1-3-7-19(16)26-20-8-4-2-6-17(20)21/h1-10,13,21H,11-12H2,(H,23,24). The average Bonchev–Trinajstić information content (AvgIpc) is 3.15. The van der Waals surface area contributed by atoms with Crippen molar-refractivity contribution in [3.63, 3.8) is 0 Å². The van der Waals surface area contributed by atoms with Crippen LogP contribution in [0.4, 0.5) is 0 Å². The predicted molar refractivity (Wildman–Crippen MR) is 97.9 cm³/mol. The zero-order valence-corrected chi connectivity index (χ0v) is 14.1. The van der Waals surface area contributed by atoms with E-state index in [0.29, 0.717) is 12.2 Å². The van der Waals surface area contributed by atoms with Crippen LogP contribution in [0.2, 0.25) is 0 Å². The third-order valence-electron chi connectivity index (χ3n) is 4.91. The Morgan fingerprint density at radius 1 is 0.885 bits per heavy atom. The number of ether oxygens (including phenoxy) is 2. The van der Waals surface area contributed by atoms with E-state index in [-0.39, 0.29) is 11.9 Å². The van der Waals surface area contributed by atoms with E-state index in [2.05, 4.69) is 5.32 Å². The van der Waals surface area contributed by atoms with E-state index in [1.165, 1.54) is 0 Å². The highest BCUT2D eigenvalue weighted by atomic mass is 16.5. The minimum Gasteiger partial charge on any atom is -0.493 e. The molecule has 0 aromatic heterocycles. The quantitative estimate of drug-likeness (QED) is 0.757. The van der Waals surface area contributed by atoms with Crippen LogP contribution in [0.1, 0.15) is 33.1 Å². The monoisotopic (exact) mass is 343 g/mol. The Bertz CT molecular complexity index is 966. The van der Waals surface area contributed by atoms with Crippen LogP contribution < -0.4 is 14.8 Å². The minimum atomic E-state index is -0.242. The Kier molecular flexibility index (Phi) is 3.42. The zero-order chi connectivity index (χ0) is 17.5. The Balaban J connectivity index is 1.51. The second-order valence-corrected chi connectivity index (χ2v) is 6.51. The summed E-state index contributed by atoms with van der Waals surface area (Å²) in [6.45, 7) is 0.682. The number of fused-ring (bicyclic) bond motifs is 3. The number of carbonyl (C=O) groups excluding carboxylic acids is 1. The summed E-state index contributed by atoms with van der Waals surface area (Å²) in [7, 11) is 0. The van der Waals surface area contributed by atoms with E-state index in [9.17, 15) is 4.79 Å². The molecule has 2 heterocycles. The number of benzene rings is 3. The van der Waals surface area contributed by atoms with Crippen molar-refractivity contribution in [2.24, 2.45) is 0 Å². The lowest BCUT2D eigenvalue weighted by atomic mass is 9.94. The first-order valence-electron chi connectivity index (χ1n) is 8.72. The number of amides is 1. The Labute approximate surface area is 151 Å². The summed E-state index contributed by atoms with van der Waals surface area (Å²) in [5, 5.41) is 3.18. The second-order valence-electron chi connectivity index (χ2n) is 6.51. The molecule has 0 saturated carbocycles. The van der Waals surface area contributed by atoms with Crippen molar-refractivity contribution < 1.29 is 14.3 Å². The number of hydrogen-bond donors (Lipinski definition) is 1. The van der Waals surface area contributed by atoms with Gasteiger partial charge < -0.3 is 14.8 Å². The fraction of sp³-hybridized carbons (Fsp3) is 0.136.